The second kappa shape index (κ2) is 8.38. The van der Waals surface area contributed by atoms with Crippen molar-refractivity contribution in [2.24, 2.45) is 5.92 Å². The Hall–Kier alpha value is -2.62. The van der Waals surface area contributed by atoms with Gasteiger partial charge in [0.05, 0.1) is 17.1 Å². The number of amides is 1. The van der Waals surface area contributed by atoms with E-state index in [1.54, 1.807) is 23.1 Å². The molecule has 172 valence electrons. The highest BCUT2D eigenvalue weighted by molar-refractivity contribution is 7.91. The molecule has 4 rings (SSSR count). The standard InChI is InChI=1S/C22H21F4NO4S/c23-20-12-18(3-4-19(20)22(24,25)26)31-17-2-1-16-13-27(8-5-15(16)11-17)21(28)14-6-9-32(29,30)10-7-14/h1-4,11-12,14H,5-10,13H2. The van der Waals surface area contributed by atoms with Gasteiger partial charge in [0.1, 0.15) is 27.2 Å². The monoisotopic (exact) mass is 471 g/mol. The molecule has 0 aromatic heterocycles. The van der Waals surface area contributed by atoms with Gasteiger partial charge in [0.15, 0.2) is 0 Å². The van der Waals surface area contributed by atoms with Crippen LogP contribution in [0.25, 0.3) is 0 Å². The smallest absolute Gasteiger partial charge is 0.419 e. The van der Waals surface area contributed by atoms with Crippen LogP contribution in [0.15, 0.2) is 36.4 Å². The Morgan fingerprint density at radius 3 is 2.31 bits per heavy atom. The summed E-state index contributed by atoms with van der Waals surface area (Å²) in [6.45, 7) is 0.875. The highest BCUT2D eigenvalue weighted by Crippen LogP contribution is 2.34. The Labute approximate surface area is 182 Å². The summed E-state index contributed by atoms with van der Waals surface area (Å²) >= 11 is 0. The molecule has 0 spiro atoms. The maximum Gasteiger partial charge on any atom is 0.419 e. The molecule has 1 fully saturated rings. The van der Waals surface area contributed by atoms with Gasteiger partial charge >= 0.3 is 6.18 Å². The van der Waals surface area contributed by atoms with E-state index in [4.69, 9.17) is 4.74 Å². The second-order valence-electron chi connectivity index (χ2n) is 8.11. The van der Waals surface area contributed by atoms with Crippen molar-refractivity contribution in [3.8, 4) is 11.5 Å². The van der Waals surface area contributed by atoms with Crippen molar-refractivity contribution in [3.05, 3.63) is 58.9 Å². The third-order valence-electron chi connectivity index (χ3n) is 5.89. The quantitative estimate of drug-likeness (QED) is 0.625. The number of carbonyl (C=O) groups excluding carboxylic acids is 1. The van der Waals surface area contributed by atoms with Crippen LogP contribution in [0, 0.1) is 11.7 Å². The number of benzene rings is 2. The van der Waals surface area contributed by atoms with E-state index in [0.717, 1.165) is 17.2 Å². The van der Waals surface area contributed by atoms with Crippen LogP contribution in [0.5, 0.6) is 11.5 Å². The average Bonchev–Trinajstić information content (AvgIpc) is 2.72. The SMILES string of the molecule is O=C(C1CCS(=O)(=O)CC1)N1CCc2cc(Oc3ccc(C(F)(F)F)c(F)c3)ccc2C1. The van der Waals surface area contributed by atoms with Gasteiger partial charge in [-0.25, -0.2) is 12.8 Å². The molecule has 0 aliphatic carbocycles. The van der Waals surface area contributed by atoms with E-state index in [-0.39, 0.29) is 29.1 Å². The van der Waals surface area contributed by atoms with Crippen molar-refractivity contribution in [2.75, 3.05) is 18.1 Å². The number of sulfone groups is 1. The van der Waals surface area contributed by atoms with Crippen LogP contribution in [0.1, 0.15) is 29.5 Å². The molecule has 0 radical (unpaired) electrons. The topological polar surface area (TPSA) is 63.7 Å². The lowest BCUT2D eigenvalue weighted by molar-refractivity contribution is -0.140. The molecule has 2 aliphatic rings. The largest absolute Gasteiger partial charge is 0.457 e. The molecule has 10 heteroatoms. The molecule has 0 atom stereocenters. The van der Waals surface area contributed by atoms with Crippen molar-refractivity contribution < 1.29 is 35.5 Å². The first-order valence-corrected chi connectivity index (χ1v) is 12.0. The Kier molecular flexibility index (Phi) is 5.91. The summed E-state index contributed by atoms with van der Waals surface area (Å²) in [5, 5.41) is 0. The van der Waals surface area contributed by atoms with Gasteiger partial charge in [0.25, 0.3) is 0 Å². The lowest BCUT2D eigenvalue weighted by Crippen LogP contribution is -2.42. The lowest BCUT2D eigenvalue weighted by Gasteiger charge is -2.33. The number of halogens is 4. The number of hydrogen-bond donors (Lipinski definition) is 0. The maximum absolute atomic E-state index is 13.8. The first kappa shape index (κ1) is 22.6. The summed E-state index contributed by atoms with van der Waals surface area (Å²) in [6.07, 6.45) is -3.52. The average molecular weight is 471 g/mol. The summed E-state index contributed by atoms with van der Waals surface area (Å²) < 4.78 is 80.6. The van der Waals surface area contributed by atoms with Gasteiger partial charge in [0.2, 0.25) is 5.91 Å². The van der Waals surface area contributed by atoms with Gasteiger partial charge in [-0.05, 0) is 54.7 Å². The molecule has 2 aromatic carbocycles. The molecule has 5 nitrogen and oxygen atoms in total. The van der Waals surface area contributed by atoms with Crippen LogP contribution in [-0.4, -0.2) is 37.3 Å². The van der Waals surface area contributed by atoms with Gasteiger partial charge in [-0.15, -0.1) is 0 Å². The van der Waals surface area contributed by atoms with Crippen molar-refractivity contribution in [1.82, 2.24) is 4.90 Å². The second-order valence-corrected chi connectivity index (χ2v) is 10.4. The molecule has 0 bridgehead atoms. The predicted molar refractivity (Wildman–Crippen MR) is 108 cm³/mol. The van der Waals surface area contributed by atoms with E-state index >= 15 is 0 Å². The molecule has 1 saturated heterocycles. The molecule has 0 saturated carbocycles. The van der Waals surface area contributed by atoms with E-state index in [1.807, 2.05) is 0 Å². The van der Waals surface area contributed by atoms with Crippen molar-refractivity contribution in [3.63, 3.8) is 0 Å². The number of fused-ring (bicyclic) bond motifs is 1. The van der Waals surface area contributed by atoms with E-state index in [1.165, 1.54) is 0 Å². The Balaban J connectivity index is 1.42. The molecule has 2 aromatic rings. The van der Waals surface area contributed by atoms with E-state index in [9.17, 15) is 30.8 Å². The normalized spacial score (nSPS) is 18.8. The fourth-order valence-electron chi connectivity index (χ4n) is 4.10. The van der Waals surface area contributed by atoms with Gasteiger partial charge in [-0.2, -0.15) is 13.2 Å². The lowest BCUT2D eigenvalue weighted by atomic mass is 9.96. The number of carbonyl (C=O) groups is 1. The minimum Gasteiger partial charge on any atom is -0.457 e. The highest BCUT2D eigenvalue weighted by Gasteiger charge is 2.34. The van der Waals surface area contributed by atoms with Crippen LogP contribution >= 0.6 is 0 Å². The molecule has 2 aliphatic heterocycles. The van der Waals surface area contributed by atoms with Gasteiger partial charge in [-0.3, -0.25) is 4.79 Å². The van der Waals surface area contributed by atoms with Crippen LogP contribution in [-0.2, 0) is 33.8 Å². The molecular formula is C22H21F4NO4S. The third-order valence-corrected chi connectivity index (χ3v) is 7.60. The molecule has 32 heavy (non-hydrogen) atoms. The Morgan fingerprint density at radius 2 is 1.66 bits per heavy atom. The number of nitrogens with zero attached hydrogens (tertiary/aromatic N) is 1. The summed E-state index contributed by atoms with van der Waals surface area (Å²) in [5.41, 5.74) is 0.500. The van der Waals surface area contributed by atoms with Crippen molar-refractivity contribution in [1.29, 1.82) is 0 Å². The first-order chi connectivity index (χ1) is 15.0. The zero-order chi connectivity index (χ0) is 23.1. The van der Waals surface area contributed by atoms with Crippen LogP contribution in [0.3, 0.4) is 0 Å². The minimum absolute atomic E-state index is 0.0360. The van der Waals surface area contributed by atoms with Crippen molar-refractivity contribution in [2.45, 2.75) is 32.0 Å². The predicted octanol–water partition coefficient (Wildman–Crippen LogP) is 4.35. The maximum atomic E-state index is 13.8. The van der Waals surface area contributed by atoms with Crippen molar-refractivity contribution >= 4 is 15.7 Å². The van der Waals surface area contributed by atoms with E-state index in [2.05, 4.69) is 0 Å². The number of ether oxygens (including phenoxy) is 1. The molecular weight excluding hydrogens is 450 g/mol. The number of rotatable bonds is 3. The summed E-state index contributed by atoms with van der Waals surface area (Å²) in [4.78, 5) is 14.5. The molecule has 0 N–H and O–H groups in total. The molecule has 2 heterocycles. The van der Waals surface area contributed by atoms with E-state index < -0.39 is 27.4 Å². The summed E-state index contributed by atoms with van der Waals surface area (Å²) in [5.74, 6) is -1.32. The van der Waals surface area contributed by atoms with Crippen LogP contribution < -0.4 is 4.74 Å². The third kappa shape index (κ3) is 4.90. The molecule has 1 amide bonds. The van der Waals surface area contributed by atoms with E-state index in [0.29, 0.717) is 50.2 Å². The van der Waals surface area contributed by atoms with Gasteiger partial charge < -0.3 is 9.64 Å². The minimum atomic E-state index is -4.77. The van der Waals surface area contributed by atoms with Crippen LogP contribution in [0.4, 0.5) is 17.6 Å². The summed E-state index contributed by atoms with van der Waals surface area (Å²) in [6, 6.07) is 7.54. The number of alkyl halides is 3. The van der Waals surface area contributed by atoms with Gasteiger partial charge in [-0.1, -0.05) is 6.07 Å². The van der Waals surface area contributed by atoms with Crippen LogP contribution in [0.2, 0.25) is 0 Å². The summed E-state index contributed by atoms with van der Waals surface area (Å²) in [7, 11) is -3.04. The highest BCUT2D eigenvalue weighted by atomic mass is 32.2. The van der Waals surface area contributed by atoms with Gasteiger partial charge in [0, 0.05) is 25.1 Å². The molecule has 0 unspecified atom stereocenters. The fraction of sp³-hybridized carbons (Fsp3) is 0.409. The fourth-order valence-corrected chi connectivity index (χ4v) is 5.59. The number of hydrogen-bond acceptors (Lipinski definition) is 4. The Morgan fingerprint density at radius 1 is 1.00 bits per heavy atom. The Bertz CT molecular complexity index is 1130. The zero-order valence-corrected chi connectivity index (χ0v) is 17.8. The zero-order valence-electron chi connectivity index (χ0n) is 17.0. The first-order valence-electron chi connectivity index (χ1n) is 10.2.